The van der Waals surface area contributed by atoms with Crippen LogP contribution >= 0.6 is 24.4 Å². The molecule has 1 fully saturated rings. The van der Waals surface area contributed by atoms with Crippen LogP contribution in [0.3, 0.4) is 0 Å². The maximum absolute atomic E-state index is 13.8. The van der Waals surface area contributed by atoms with Crippen LogP contribution < -0.4 is 9.47 Å². The Bertz CT molecular complexity index is 2390. The number of amides is 1. The molecule has 5 heterocycles. The SMILES string of the molecule is C=CCOc1cccc(C(C(=O)N2CCCCCC2)n2cnc3[nH]ncc3c2=S)c1.C=CCOc1cccc(C(C(=O)O)n2cnc3[nH]ncc3c2=S)c1. The summed E-state index contributed by atoms with van der Waals surface area (Å²) in [5, 5.41) is 24.5. The molecule has 0 bridgehead atoms. The molecule has 2 aromatic carbocycles. The number of carboxylic acids is 1. The third-order valence-corrected chi connectivity index (χ3v) is 9.68. The first-order valence-electron chi connectivity index (χ1n) is 17.3. The van der Waals surface area contributed by atoms with E-state index in [4.69, 9.17) is 33.9 Å². The van der Waals surface area contributed by atoms with E-state index in [0.717, 1.165) is 49.7 Å². The van der Waals surface area contributed by atoms with Gasteiger partial charge < -0.3 is 28.6 Å². The lowest BCUT2D eigenvalue weighted by Crippen LogP contribution is -2.38. The summed E-state index contributed by atoms with van der Waals surface area (Å²) in [5.74, 6) is 0.225. The molecular weight excluding hydrogens is 727 g/mol. The molecule has 3 N–H and O–H groups in total. The molecule has 1 aliphatic rings. The van der Waals surface area contributed by atoms with E-state index in [9.17, 15) is 14.7 Å². The summed E-state index contributed by atoms with van der Waals surface area (Å²) in [6, 6.07) is 12.8. The molecule has 0 saturated carbocycles. The largest absolute Gasteiger partial charge is 0.490 e. The van der Waals surface area contributed by atoms with Gasteiger partial charge >= 0.3 is 5.97 Å². The second-order valence-corrected chi connectivity index (χ2v) is 13.2. The van der Waals surface area contributed by atoms with Crippen LogP contribution in [0, 0.1) is 9.28 Å². The number of rotatable bonds is 12. The summed E-state index contributed by atoms with van der Waals surface area (Å²) >= 11 is 11.1. The number of aromatic nitrogens is 8. The number of nitrogens with zero attached hydrogens (tertiary/aromatic N) is 7. The molecule has 14 nitrogen and oxygen atoms in total. The van der Waals surface area contributed by atoms with Gasteiger partial charge in [0.25, 0.3) is 0 Å². The number of fused-ring (bicyclic) bond motifs is 2. The second-order valence-electron chi connectivity index (χ2n) is 12.4. The van der Waals surface area contributed by atoms with Crippen molar-refractivity contribution in [2.24, 2.45) is 0 Å². The Hall–Kier alpha value is -6.00. The quantitative estimate of drug-likeness (QED) is 0.0888. The van der Waals surface area contributed by atoms with E-state index in [2.05, 4.69) is 43.5 Å². The normalized spacial score (nSPS) is 14.0. The predicted octanol–water partition coefficient (Wildman–Crippen LogP) is 6.77. The molecule has 0 spiro atoms. The molecule has 6 aromatic rings. The number of carbonyl (C=O) groups excluding carboxylic acids is 1. The van der Waals surface area contributed by atoms with E-state index < -0.39 is 18.1 Å². The minimum absolute atomic E-state index is 0.0264. The number of H-pyrrole nitrogens is 2. The van der Waals surface area contributed by atoms with Crippen molar-refractivity contribution in [1.29, 1.82) is 0 Å². The zero-order valence-corrected chi connectivity index (χ0v) is 31.0. The van der Waals surface area contributed by atoms with Gasteiger partial charge in [-0.2, -0.15) is 10.2 Å². The molecule has 0 aliphatic carbocycles. The fourth-order valence-electron chi connectivity index (χ4n) is 6.23. The van der Waals surface area contributed by atoms with E-state index >= 15 is 0 Å². The van der Waals surface area contributed by atoms with E-state index in [1.54, 1.807) is 53.5 Å². The van der Waals surface area contributed by atoms with Gasteiger partial charge in [0, 0.05) is 13.1 Å². The van der Waals surface area contributed by atoms with Gasteiger partial charge in [-0.15, -0.1) is 0 Å². The molecule has 1 saturated heterocycles. The molecule has 2 unspecified atom stereocenters. The van der Waals surface area contributed by atoms with Crippen molar-refractivity contribution in [2.45, 2.75) is 37.8 Å². The molecule has 278 valence electrons. The lowest BCUT2D eigenvalue weighted by atomic mass is 10.0. The highest BCUT2D eigenvalue weighted by Gasteiger charge is 2.29. The van der Waals surface area contributed by atoms with Crippen molar-refractivity contribution in [3.8, 4) is 11.5 Å². The molecule has 1 aliphatic heterocycles. The van der Waals surface area contributed by atoms with Crippen molar-refractivity contribution in [2.75, 3.05) is 26.3 Å². The van der Waals surface area contributed by atoms with Gasteiger partial charge in [-0.1, -0.05) is 86.9 Å². The van der Waals surface area contributed by atoms with Crippen molar-refractivity contribution < 1.29 is 24.2 Å². The molecule has 1 amide bonds. The molecule has 0 radical (unpaired) electrons. The van der Waals surface area contributed by atoms with Crippen molar-refractivity contribution in [1.82, 2.24) is 44.4 Å². The van der Waals surface area contributed by atoms with Gasteiger partial charge in [0.2, 0.25) is 5.91 Å². The zero-order chi connectivity index (χ0) is 38.0. The van der Waals surface area contributed by atoms with E-state index in [1.165, 1.54) is 17.1 Å². The standard InChI is InChI=1S/C22H25N5O2S.C16H14N4O3S/c1-2-12-29-17-9-7-8-16(13-17)19(21(28)26-10-5-3-4-6-11-26)27-15-23-20-18(22(27)30)14-24-25-20;1-2-6-23-11-5-3-4-10(7-11)13(16(21)22)20-9-17-14-12(15(20)24)8-18-19-14/h2,7-9,13-15,19H,1,3-6,10-12H2,(H,24,25);2-5,7-9,13H,1,6H2,(H,18,19)(H,21,22). The summed E-state index contributed by atoms with van der Waals surface area (Å²) in [6.45, 7) is 9.54. The van der Waals surface area contributed by atoms with Crippen LogP contribution in [0.15, 0.2) is 98.9 Å². The number of likely N-dealkylation sites (tertiary alicyclic amines) is 1. The monoisotopic (exact) mass is 765 g/mol. The average Bonchev–Trinajstić information content (AvgIpc) is 3.80. The number of carboxylic acid groups (broad SMARTS) is 1. The summed E-state index contributed by atoms with van der Waals surface area (Å²) in [4.78, 5) is 36.2. The first kappa shape index (κ1) is 37.7. The Morgan fingerprint density at radius 3 is 1.74 bits per heavy atom. The lowest BCUT2D eigenvalue weighted by Gasteiger charge is -2.28. The summed E-state index contributed by atoms with van der Waals surface area (Å²) in [7, 11) is 0. The highest BCUT2D eigenvalue weighted by atomic mass is 32.1. The maximum Gasteiger partial charge on any atom is 0.331 e. The minimum Gasteiger partial charge on any atom is -0.490 e. The van der Waals surface area contributed by atoms with Crippen molar-refractivity contribution >= 4 is 58.4 Å². The smallest absolute Gasteiger partial charge is 0.331 e. The third-order valence-electron chi connectivity index (χ3n) is 8.82. The number of ether oxygens (including phenoxy) is 2. The minimum atomic E-state index is -1.04. The topological polar surface area (TPSA) is 169 Å². The number of nitrogens with one attached hydrogen (secondary N) is 2. The predicted molar refractivity (Wildman–Crippen MR) is 209 cm³/mol. The van der Waals surface area contributed by atoms with Gasteiger partial charge in [0.05, 0.1) is 35.8 Å². The number of aliphatic carboxylic acids is 1. The molecule has 4 aromatic heterocycles. The summed E-state index contributed by atoms with van der Waals surface area (Å²) in [6.07, 6.45) is 13.9. The molecule has 16 heteroatoms. The average molecular weight is 766 g/mol. The van der Waals surface area contributed by atoms with Gasteiger partial charge in [-0.05, 0) is 48.2 Å². The highest BCUT2D eigenvalue weighted by Crippen LogP contribution is 2.28. The number of carbonyl (C=O) groups is 2. The molecular formula is C38H39N9O5S2. The van der Waals surface area contributed by atoms with Crippen LogP contribution in [-0.4, -0.2) is 87.7 Å². The summed E-state index contributed by atoms with van der Waals surface area (Å²) in [5.41, 5.74) is 2.47. The van der Waals surface area contributed by atoms with Crippen molar-refractivity contribution in [3.05, 3.63) is 119 Å². The number of hydrogen-bond donors (Lipinski definition) is 3. The summed E-state index contributed by atoms with van der Waals surface area (Å²) < 4.78 is 15.3. The Labute approximate surface area is 320 Å². The number of benzene rings is 2. The highest BCUT2D eigenvalue weighted by molar-refractivity contribution is 7.71. The van der Waals surface area contributed by atoms with Crippen LogP contribution in [0.2, 0.25) is 0 Å². The van der Waals surface area contributed by atoms with Gasteiger partial charge in [-0.25, -0.2) is 14.8 Å². The zero-order valence-electron chi connectivity index (χ0n) is 29.3. The lowest BCUT2D eigenvalue weighted by molar-refractivity contribution is -0.139. The number of hydrogen-bond acceptors (Lipinski definition) is 10. The van der Waals surface area contributed by atoms with Crippen molar-refractivity contribution in [3.63, 3.8) is 0 Å². The first-order valence-corrected chi connectivity index (χ1v) is 18.1. The Balaban J connectivity index is 0.000000189. The van der Waals surface area contributed by atoms with Crippen LogP contribution in [0.25, 0.3) is 22.1 Å². The Morgan fingerprint density at radius 2 is 1.26 bits per heavy atom. The van der Waals surface area contributed by atoms with Crippen LogP contribution in [-0.2, 0) is 9.59 Å². The Kier molecular flexibility index (Phi) is 12.4. The second kappa shape index (κ2) is 17.7. The molecule has 54 heavy (non-hydrogen) atoms. The van der Waals surface area contributed by atoms with Gasteiger partial charge in [0.1, 0.15) is 40.0 Å². The third kappa shape index (κ3) is 8.45. The fourth-order valence-corrected chi connectivity index (χ4v) is 6.83. The van der Waals surface area contributed by atoms with E-state index in [-0.39, 0.29) is 5.91 Å². The first-order chi connectivity index (χ1) is 26.3. The van der Waals surface area contributed by atoms with Crippen LogP contribution in [0.1, 0.15) is 48.9 Å². The van der Waals surface area contributed by atoms with Crippen LogP contribution in [0.5, 0.6) is 11.5 Å². The van der Waals surface area contributed by atoms with Crippen LogP contribution in [0.4, 0.5) is 0 Å². The van der Waals surface area contributed by atoms with E-state index in [0.29, 0.717) is 56.2 Å². The van der Waals surface area contributed by atoms with E-state index in [1.807, 2.05) is 29.2 Å². The van der Waals surface area contributed by atoms with Gasteiger partial charge in [-0.3, -0.25) is 15.0 Å². The molecule has 2 atom stereocenters. The Morgan fingerprint density at radius 1 is 0.778 bits per heavy atom. The number of aromatic amines is 2. The van der Waals surface area contributed by atoms with Gasteiger partial charge in [0.15, 0.2) is 17.3 Å². The molecule has 7 rings (SSSR count). The maximum atomic E-state index is 13.8. The fraction of sp³-hybridized carbons (Fsp3) is 0.263.